The zero-order valence-electron chi connectivity index (χ0n) is 23.7. The highest BCUT2D eigenvalue weighted by atomic mass is 16.5. The number of hydrogen-bond acceptors (Lipinski definition) is 7. The van der Waals surface area contributed by atoms with Gasteiger partial charge < -0.3 is 25.8 Å². The van der Waals surface area contributed by atoms with Gasteiger partial charge in [-0.25, -0.2) is 0 Å². The molecule has 0 bridgehead atoms. The van der Waals surface area contributed by atoms with E-state index in [2.05, 4.69) is 10.1 Å². The van der Waals surface area contributed by atoms with Gasteiger partial charge in [-0.1, -0.05) is 45.7 Å². The van der Waals surface area contributed by atoms with Crippen LogP contribution in [-0.4, -0.2) is 66.0 Å². The lowest BCUT2D eigenvalue weighted by Gasteiger charge is -2.35. The smallest absolute Gasteiger partial charge is 0.305 e. The second-order valence-corrected chi connectivity index (χ2v) is 10.7. The molecule has 1 saturated heterocycles. The fourth-order valence-electron chi connectivity index (χ4n) is 4.26. The SMILES string of the molecule is COC(=O)CCCCCCC(=O)NC(C(=O)N1CCCC1C(N)=O)C(C)(C)C.N#Cc1ccc(CCO)cc1. The van der Waals surface area contributed by atoms with Gasteiger partial charge in [-0.05, 0) is 55.2 Å². The monoisotopic (exact) mass is 544 g/mol. The van der Waals surface area contributed by atoms with Crippen LogP contribution < -0.4 is 11.1 Å². The van der Waals surface area contributed by atoms with E-state index >= 15 is 0 Å². The molecule has 0 aliphatic carbocycles. The normalized spacial score (nSPS) is 15.4. The minimum absolute atomic E-state index is 0.159. The first-order valence-electron chi connectivity index (χ1n) is 13.5. The summed E-state index contributed by atoms with van der Waals surface area (Å²) in [5.41, 5.74) is 6.65. The number of nitrogens with two attached hydrogens (primary N) is 1. The summed E-state index contributed by atoms with van der Waals surface area (Å²) < 4.78 is 4.59. The summed E-state index contributed by atoms with van der Waals surface area (Å²) in [6.45, 7) is 6.30. The number of benzene rings is 1. The number of carbonyl (C=O) groups is 4. The van der Waals surface area contributed by atoms with Crippen LogP contribution >= 0.6 is 0 Å². The number of esters is 1. The van der Waals surface area contributed by atoms with Gasteiger partial charge in [0.2, 0.25) is 17.7 Å². The number of aliphatic hydroxyl groups is 1. The number of methoxy groups -OCH3 is 1. The summed E-state index contributed by atoms with van der Waals surface area (Å²) in [5, 5.41) is 19.9. The standard InChI is InChI=1S/C20H35N3O5.C9H9NO/c1-20(2,3)17(19(27)23-13-9-10-14(23)18(21)26)22-15(24)11-7-5-6-8-12-16(25)28-4;10-7-9-3-1-8(2-4-9)5-6-11/h14,17H,5-13H2,1-4H3,(H2,21,26)(H,22,24);1-4,11H,5-6H2. The summed E-state index contributed by atoms with van der Waals surface area (Å²) >= 11 is 0. The molecule has 10 nitrogen and oxygen atoms in total. The number of nitrogens with one attached hydrogen (secondary N) is 1. The zero-order valence-corrected chi connectivity index (χ0v) is 23.7. The van der Waals surface area contributed by atoms with Crippen molar-refractivity contribution < 1.29 is 29.0 Å². The Balaban J connectivity index is 0.000000573. The van der Waals surface area contributed by atoms with Gasteiger partial charge in [0.25, 0.3) is 0 Å². The highest BCUT2D eigenvalue weighted by molar-refractivity contribution is 5.92. The van der Waals surface area contributed by atoms with Gasteiger partial charge in [0.15, 0.2) is 0 Å². The van der Waals surface area contributed by atoms with Gasteiger partial charge in [0, 0.05) is 26.0 Å². The van der Waals surface area contributed by atoms with Gasteiger partial charge in [0.05, 0.1) is 18.7 Å². The maximum Gasteiger partial charge on any atom is 0.305 e. The molecule has 1 heterocycles. The summed E-state index contributed by atoms with van der Waals surface area (Å²) in [4.78, 5) is 49.6. The number of likely N-dealkylation sites (tertiary alicyclic amines) is 1. The van der Waals surface area contributed by atoms with Crippen molar-refractivity contribution in [3.63, 3.8) is 0 Å². The van der Waals surface area contributed by atoms with Gasteiger partial charge in [-0.2, -0.15) is 5.26 Å². The number of nitrogens with zero attached hydrogens (tertiary/aromatic N) is 2. The third kappa shape index (κ3) is 12.3. The Labute approximate surface area is 231 Å². The number of carbonyl (C=O) groups excluding carboxylic acids is 4. The summed E-state index contributed by atoms with van der Waals surface area (Å²) in [6.07, 6.45) is 5.76. The summed E-state index contributed by atoms with van der Waals surface area (Å²) in [7, 11) is 1.37. The predicted molar refractivity (Wildman–Crippen MR) is 147 cm³/mol. The van der Waals surface area contributed by atoms with Crippen molar-refractivity contribution in [1.29, 1.82) is 5.26 Å². The first-order valence-corrected chi connectivity index (χ1v) is 13.5. The topological polar surface area (TPSA) is 163 Å². The van der Waals surface area contributed by atoms with E-state index < -0.39 is 23.4 Å². The molecule has 0 radical (unpaired) electrons. The van der Waals surface area contributed by atoms with Crippen molar-refractivity contribution in [1.82, 2.24) is 10.2 Å². The second kappa shape index (κ2) is 17.2. The van der Waals surface area contributed by atoms with E-state index in [1.54, 1.807) is 12.1 Å². The molecular formula is C29H44N4O6. The Morgan fingerprint density at radius 3 is 2.26 bits per heavy atom. The van der Waals surface area contributed by atoms with E-state index in [1.807, 2.05) is 39.0 Å². The molecule has 4 N–H and O–H groups in total. The van der Waals surface area contributed by atoms with Crippen molar-refractivity contribution in [3.8, 4) is 6.07 Å². The predicted octanol–water partition coefficient (Wildman–Crippen LogP) is 2.60. The van der Waals surface area contributed by atoms with Crippen molar-refractivity contribution >= 4 is 23.7 Å². The van der Waals surface area contributed by atoms with Crippen LogP contribution in [0.1, 0.15) is 83.3 Å². The summed E-state index contributed by atoms with van der Waals surface area (Å²) in [5.74, 6) is -1.16. The van der Waals surface area contributed by atoms with Crippen LogP contribution in [0.2, 0.25) is 0 Å². The van der Waals surface area contributed by atoms with Crippen molar-refractivity contribution in [2.24, 2.45) is 11.1 Å². The molecule has 2 atom stereocenters. The molecule has 2 unspecified atom stereocenters. The summed E-state index contributed by atoms with van der Waals surface area (Å²) in [6, 6.07) is 7.95. The Kier molecular flexibility index (Phi) is 14.8. The number of aliphatic hydroxyl groups excluding tert-OH is 1. The number of hydrogen-bond donors (Lipinski definition) is 3. The van der Waals surface area contributed by atoms with Crippen LogP contribution in [0.4, 0.5) is 0 Å². The molecule has 1 aliphatic rings. The van der Waals surface area contributed by atoms with Crippen molar-refractivity contribution in [2.45, 2.75) is 90.6 Å². The number of unbranched alkanes of at least 4 members (excludes halogenated alkanes) is 3. The first kappa shape index (κ1) is 33.6. The van der Waals surface area contributed by atoms with Crippen LogP contribution in [0.3, 0.4) is 0 Å². The van der Waals surface area contributed by atoms with Gasteiger partial charge in [-0.3, -0.25) is 19.2 Å². The third-order valence-electron chi connectivity index (χ3n) is 6.53. The number of rotatable bonds is 12. The molecule has 2 rings (SSSR count). The largest absolute Gasteiger partial charge is 0.469 e. The van der Waals surface area contributed by atoms with Gasteiger partial charge >= 0.3 is 5.97 Å². The molecule has 39 heavy (non-hydrogen) atoms. The van der Waals surface area contributed by atoms with Gasteiger partial charge in [0.1, 0.15) is 12.1 Å². The van der Waals surface area contributed by atoms with E-state index in [0.717, 1.165) is 31.2 Å². The lowest BCUT2D eigenvalue weighted by molar-refractivity contribution is -0.143. The zero-order chi connectivity index (χ0) is 29.4. The minimum Gasteiger partial charge on any atom is -0.469 e. The molecular weight excluding hydrogens is 500 g/mol. The van der Waals surface area contributed by atoms with E-state index in [4.69, 9.17) is 16.1 Å². The van der Waals surface area contributed by atoms with Crippen LogP contribution in [0.15, 0.2) is 24.3 Å². The minimum atomic E-state index is -0.709. The van der Waals surface area contributed by atoms with Crippen LogP contribution in [-0.2, 0) is 30.3 Å². The highest BCUT2D eigenvalue weighted by Gasteiger charge is 2.41. The van der Waals surface area contributed by atoms with Crippen molar-refractivity contribution in [3.05, 3.63) is 35.4 Å². The first-order chi connectivity index (χ1) is 18.4. The molecule has 0 spiro atoms. The lowest BCUT2D eigenvalue weighted by Crippen LogP contribution is -2.57. The van der Waals surface area contributed by atoms with Gasteiger partial charge in [-0.15, -0.1) is 0 Å². The number of ether oxygens (including phenoxy) is 1. The van der Waals surface area contributed by atoms with Crippen LogP contribution in [0.5, 0.6) is 0 Å². The molecule has 216 valence electrons. The van der Waals surface area contributed by atoms with Crippen molar-refractivity contribution in [2.75, 3.05) is 20.3 Å². The molecule has 0 saturated carbocycles. The van der Waals surface area contributed by atoms with E-state index in [-0.39, 0.29) is 24.4 Å². The van der Waals surface area contributed by atoms with E-state index in [0.29, 0.717) is 44.2 Å². The lowest BCUT2D eigenvalue weighted by atomic mass is 9.85. The molecule has 1 aliphatic heterocycles. The fraction of sp³-hybridized carbons (Fsp3) is 0.621. The Hall–Kier alpha value is -3.45. The molecule has 1 aromatic rings. The van der Waals surface area contributed by atoms with E-state index in [9.17, 15) is 19.2 Å². The number of amides is 3. The molecule has 1 aromatic carbocycles. The van der Waals surface area contributed by atoms with E-state index in [1.165, 1.54) is 12.0 Å². The Morgan fingerprint density at radius 2 is 1.74 bits per heavy atom. The third-order valence-corrected chi connectivity index (χ3v) is 6.53. The Bertz CT molecular complexity index is 981. The molecule has 0 aromatic heterocycles. The van der Waals surface area contributed by atoms with Crippen LogP contribution in [0.25, 0.3) is 0 Å². The Morgan fingerprint density at radius 1 is 1.13 bits per heavy atom. The van der Waals surface area contributed by atoms with Crippen LogP contribution in [0, 0.1) is 16.7 Å². The highest BCUT2D eigenvalue weighted by Crippen LogP contribution is 2.26. The maximum absolute atomic E-state index is 13.0. The number of primary amides is 1. The quantitative estimate of drug-likeness (QED) is 0.269. The number of nitriles is 1. The molecule has 3 amide bonds. The second-order valence-electron chi connectivity index (χ2n) is 10.7. The average molecular weight is 545 g/mol. The molecule has 10 heteroatoms. The average Bonchev–Trinajstić information content (AvgIpc) is 3.40. The maximum atomic E-state index is 13.0. The fourth-order valence-corrected chi connectivity index (χ4v) is 4.26. The molecule has 1 fully saturated rings.